The van der Waals surface area contributed by atoms with Crippen LogP contribution in [0.25, 0.3) is 0 Å². The first kappa shape index (κ1) is 19.6. The summed E-state index contributed by atoms with van der Waals surface area (Å²) in [5.74, 6) is 0. The van der Waals surface area contributed by atoms with Crippen molar-refractivity contribution in [3.8, 4) is 0 Å². The summed E-state index contributed by atoms with van der Waals surface area (Å²) in [7, 11) is -1.20. The smallest absolute Gasteiger partial charge is 0.0817 e. The van der Waals surface area contributed by atoms with E-state index in [0.29, 0.717) is 0 Å². The monoisotopic (exact) mass is 295 g/mol. The van der Waals surface area contributed by atoms with E-state index >= 15 is 0 Å². The van der Waals surface area contributed by atoms with Crippen molar-refractivity contribution in [3.63, 3.8) is 0 Å². The van der Waals surface area contributed by atoms with Crippen LogP contribution in [0.1, 0.15) is 72.1 Å². The van der Waals surface area contributed by atoms with Crippen molar-refractivity contribution in [2.75, 3.05) is 6.54 Å². The Labute approximate surface area is 129 Å². The second-order valence-corrected chi connectivity index (χ2v) is 11.0. The third-order valence-electron chi connectivity index (χ3n) is 4.61. The Balaban J connectivity index is 3.50. The lowest BCUT2D eigenvalue weighted by molar-refractivity contribution is 0.578. The largest absolute Gasteiger partial charge is 0.298 e. The highest BCUT2D eigenvalue weighted by Gasteiger charge is 2.23. The van der Waals surface area contributed by atoms with Crippen LogP contribution in [0, 0.1) is 0 Å². The molecule has 0 saturated heterocycles. The van der Waals surface area contributed by atoms with Crippen LogP contribution in [0.5, 0.6) is 0 Å². The molecule has 1 nitrogen and oxygen atoms in total. The van der Waals surface area contributed by atoms with E-state index in [4.69, 9.17) is 0 Å². The fourth-order valence-corrected chi connectivity index (χ4v) is 4.90. The van der Waals surface area contributed by atoms with Gasteiger partial charge in [-0.25, -0.2) is 0 Å². The van der Waals surface area contributed by atoms with Gasteiger partial charge in [0.05, 0.1) is 8.07 Å². The van der Waals surface area contributed by atoms with Gasteiger partial charge in [-0.15, -0.1) is 12.3 Å². The molecule has 0 aliphatic carbocycles. The van der Waals surface area contributed by atoms with Gasteiger partial charge in [-0.05, 0) is 18.7 Å². The first-order valence-corrected chi connectivity index (χ1v) is 11.6. The summed E-state index contributed by atoms with van der Waals surface area (Å²) in [6.45, 7) is 12.0. The maximum absolute atomic E-state index is 4.61. The molecule has 0 unspecified atom stereocenters. The molecule has 0 heterocycles. The molecule has 0 aliphatic rings. The molecule has 0 aromatic rings. The quantitative estimate of drug-likeness (QED) is 0.199. The Morgan fingerprint density at radius 1 is 0.850 bits per heavy atom. The van der Waals surface area contributed by atoms with E-state index in [-0.39, 0.29) is 0 Å². The minimum absolute atomic E-state index is 1.03. The van der Waals surface area contributed by atoms with E-state index in [1.165, 1.54) is 69.5 Å². The molecule has 0 bridgehead atoms. The Morgan fingerprint density at radius 2 is 1.40 bits per heavy atom. The van der Waals surface area contributed by atoms with Crippen LogP contribution in [-0.4, -0.2) is 20.8 Å². The number of hydrogen-bond acceptors (Lipinski definition) is 1. The fraction of sp³-hybridized carbons (Fsp3) is 0.833. The summed E-state index contributed by atoms with van der Waals surface area (Å²) in [4.78, 5) is 4.61. The molecule has 0 rings (SSSR count). The Morgan fingerprint density at radius 3 is 1.90 bits per heavy atom. The fourth-order valence-electron chi connectivity index (χ4n) is 2.59. The SMILES string of the molecule is C=C[Si](CC)(CC)CC=NCCCCCCCCCC. The Hall–Kier alpha value is -0.373. The summed E-state index contributed by atoms with van der Waals surface area (Å²) < 4.78 is 0. The zero-order valence-electron chi connectivity index (χ0n) is 14.3. The Kier molecular flexibility index (Phi) is 13.3. The Bertz CT molecular complexity index is 244. The van der Waals surface area contributed by atoms with Gasteiger partial charge < -0.3 is 0 Å². The zero-order chi connectivity index (χ0) is 15.1. The summed E-state index contributed by atoms with van der Waals surface area (Å²) in [5, 5.41) is 0. The lowest BCUT2D eigenvalue weighted by atomic mass is 10.1. The molecule has 0 N–H and O–H groups in total. The molecule has 0 amide bonds. The number of hydrogen-bond donors (Lipinski definition) is 0. The van der Waals surface area contributed by atoms with Crippen LogP contribution in [-0.2, 0) is 0 Å². The summed E-state index contributed by atoms with van der Waals surface area (Å²) in [5.41, 5.74) is 2.26. The maximum atomic E-state index is 4.61. The van der Waals surface area contributed by atoms with Gasteiger partial charge in [0.15, 0.2) is 0 Å². The average Bonchev–Trinajstić information content (AvgIpc) is 2.49. The van der Waals surface area contributed by atoms with Crippen molar-refractivity contribution in [2.45, 2.75) is 90.3 Å². The lowest BCUT2D eigenvalue weighted by Crippen LogP contribution is -2.29. The van der Waals surface area contributed by atoms with Crippen LogP contribution >= 0.6 is 0 Å². The van der Waals surface area contributed by atoms with E-state index in [9.17, 15) is 0 Å². The van der Waals surface area contributed by atoms with Crippen molar-refractivity contribution in [1.82, 2.24) is 0 Å². The predicted octanol–water partition coefficient (Wildman–Crippen LogP) is 6.41. The third-order valence-corrected chi connectivity index (χ3v) is 9.29. The zero-order valence-corrected chi connectivity index (χ0v) is 15.3. The van der Waals surface area contributed by atoms with Gasteiger partial charge in [0.2, 0.25) is 0 Å². The normalized spacial score (nSPS) is 12.2. The topological polar surface area (TPSA) is 12.4 Å². The molecule has 0 aromatic carbocycles. The number of rotatable bonds is 14. The average molecular weight is 296 g/mol. The maximum Gasteiger partial charge on any atom is 0.0817 e. The highest BCUT2D eigenvalue weighted by Crippen LogP contribution is 2.20. The number of unbranched alkanes of at least 4 members (excludes halogenated alkanes) is 7. The van der Waals surface area contributed by atoms with Gasteiger partial charge >= 0.3 is 0 Å². The van der Waals surface area contributed by atoms with Crippen molar-refractivity contribution >= 4 is 14.3 Å². The van der Waals surface area contributed by atoms with Crippen molar-refractivity contribution in [1.29, 1.82) is 0 Å². The van der Waals surface area contributed by atoms with Crippen LogP contribution < -0.4 is 0 Å². The second kappa shape index (κ2) is 13.6. The second-order valence-electron chi connectivity index (χ2n) is 6.04. The molecule has 20 heavy (non-hydrogen) atoms. The van der Waals surface area contributed by atoms with E-state index in [2.05, 4.69) is 44.3 Å². The van der Waals surface area contributed by atoms with Crippen LogP contribution in [0.4, 0.5) is 0 Å². The molecule has 0 fully saturated rings. The molecule has 0 radical (unpaired) electrons. The van der Waals surface area contributed by atoms with Crippen LogP contribution in [0.3, 0.4) is 0 Å². The van der Waals surface area contributed by atoms with Gasteiger partial charge in [-0.3, -0.25) is 4.99 Å². The minimum atomic E-state index is -1.20. The lowest BCUT2D eigenvalue weighted by Gasteiger charge is -2.22. The summed E-state index contributed by atoms with van der Waals surface area (Å²) >= 11 is 0. The molecule has 0 saturated carbocycles. The highest BCUT2D eigenvalue weighted by molar-refractivity contribution is 6.86. The molecule has 118 valence electrons. The highest BCUT2D eigenvalue weighted by atomic mass is 28.3. The third kappa shape index (κ3) is 9.52. The van der Waals surface area contributed by atoms with E-state index < -0.39 is 8.07 Å². The van der Waals surface area contributed by atoms with Gasteiger partial charge in [-0.1, -0.05) is 77.8 Å². The summed E-state index contributed by atoms with van der Waals surface area (Å²) in [6.07, 6.45) is 13.3. The van der Waals surface area contributed by atoms with Crippen LogP contribution in [0.2, 0.25) is 18.1 Å². The van der Waals surface area contributed by atoms with Crippen molar-refractivity contribution < 1.29 is 0 Å². The molecular weight excluding hydrogens is 258 g/mol. The molecule has 0 spiro atoms. The minimum Gasteiger partial charge on any atom is -0.298 e. The molecule has 0 atom stereocenters. The molecule has 0 aromatic heterocycles. The standard InChI is InChI=1S/C18H37NSi/c1-5-9-10-11-12-13-14-15-16-19-17-18-20(6-2,7-3)8-4/h6,17H,2,5,7-16,18H2,1,3-4H3. The molecular formula is C18H37NSi. The number of nitrogens with zero attached hydrogens (tertiary/aromatic N) is 1. The summed E-state index contributed by atoms with van der Waals surface area (Å²) in [6, 6.07) is 3.80. The van der Waals surface area contributed by atoms with Gasteiger partial charge in [0, 0.05) is 6.54 Å². The van der Waals surface area contributed by atoms with E-state index in [1.54, 1.807) is 0 Å². The molecule has 0 aliphatic heterocycles. The van der Waals surface area contributed by atoms with Crippen LogP contribution in [0.15, 0.2) is 17.3 Å². The first-order valence-electron chi connectivity index (χ1n) is 8.86. The van der Waals surface area contributed by atoms with Crippen molar-refractivity contribution in [3.05, 3.63) is 12.3 Å². The molecule has 2 heteroatoms. The first-order chi connectivity index (χ1) is 9.74. The van der Waals surface area contributed by atoms with Gasteiger partial charge in [-0.2, -0.15) is 0 Å². The predicted molar refractivity (Wildman–Crippen MR) is 97.7 cm³/mol. The van der Waals surface area contributed by atoms with Gasteiger partial charge in [0.1, 0.15) is 0 Å². The number of aliphatic imine (C=N–C) groups is 1. The van der Waals surface area contributed by atoms with E-state index in [0.717, 1.165) is 6.54 Å². The van der Waals surface area contributed by atoms with Gasteiger partial charge in [0.25, 0.3) is 0 Å². The van der Waals surface area contributed by atoms with Crippen molar-refractivity contribution in [2.24, 2.45) is 4.99 Å². The van der Waals surface area contributed by atoms with E-state index in [1.807, 2.05) is 0 Å².